The van der Waals surface area contributed by atoms with Crippen molar-refractivity contribution >= 4 is 29.5 Å². The van der Waals surface area contributed by atoms with E-state index in [4.69, 9.17) is 4.74 Å². The first-order valence-electron chi connectivity index (χ1n) is 11.5. The third-order valence-corrected chi connectivity index (χ3v) is 6.34. The van der Waals surface area contributed by atoms with Crippen LogP contribution in [0.25, 0.3) is 5.69 Å². The summed E-state index contributed by atoms with van der Waals surface area (Å²) in [6, 6.07) is 7.78. The van der Waals surface area contributed by atoms with Gasteiger partial charge in [0.1, 0.15) is 5.75 Å². The molecule has 1 aromatic heterocycles. The number of amides is 2. The molecule has 180 valence electrons. The summed E-state index contributed by atoms with van der Waals surface area (Å²) in [6.07, 6.45) is 3.44. The molecule has 0 saturated carbocycles. The zero-order valence-corrected chi connectivity index (χ0v) is 20.7. The van der Waals surface area contributed by atoms with E-state index in [1.807, 2.05) is 49.6 Å². The van der Waals surface area contributed by atoms with Gasteiger partial charge in [-0.1, -0.05) is 23.9 Å². The summed E-state index contributed by atoms with van der Waals surface area (Å²) in [5, 5.41) is 12.4. The SMILES string of the molecule is CCN(CC(=O)NC(C)C)C(=O)CSc1nnc(N2CCCCC2)n1-c1ccccc1OC. The molecule has 1 saturated heterocycles. The van der Waals surface area contributed by atoms with E-state index in [1.165, 1.54) is 18.2 Å². The Bertz CT molecular complexity index is 942. The van der Waals surface area contributed by atoms with Gasteiger partial charge in [-0.3, -0.25) is 14.2 Å². The Labute approximate surface area is 199 Å². The number of nitrogens with zero attached hydrogens (tertiary/aromatic N) is 5. The van der Waals surface area contributed by atoms with Crippen molar-refractivity contribution in [3.63, 3.8) is 0 Å². The number of para-hydroxylation sites is 2. The number of ether oxygens (including phenoxy) is 1. The third kappa shape index (κ3) is 6.40. The first kappa shape index (κ1) is 24.9. The predicted octanol–water partition coefficient (Wildman–Crippen LogP) is 2.73. The average Bonchev–Trinajstić information content (AvgIpc) is 3.24. The molecule has 0 atom stereocenters. The van der Waals surface area contributed by atoms with Gasteiger partial charge in [0.25, 0.3) is 0 Å². The lowest BCUT2D eigenvalue weighted by Gasteiger charge is -2.28. The molecule has 2 aromatic rings. The summed E-state index contributed by atoms with van der Waals surface area (Å²) >= 11 is 1.32. The van der Waals surface area contributed by atoms with Crippen LogP contribution in [0.5, 0.6) is 5.75 Å². The molecule has 2 heterocycles. The van der Waals surface area contributed by atoms with Crippen LogP contribution in [0.4, 0.5) is 5.95 Å². The van der Waals surface area contributed by atoms with Crippen LogP contribution in [0.2, 0.25) is 0 Å². The van der Waals surface area contributed by atoms with Gasteiger partial charge in [0.2, 0.25) is 17.8 Å². The molecule has 1 N–H and O–H groups in total. The highest BCUT2D eigenvalue weighted by molar-refractivity contribution is 7.99. The van der Waals surface area contributed by atoms with Crippen LogP contribution in [0.3, 0.4) is 0 Å². The maximum Gasteiger partial charge on any atom is 0.239 e. The quantitative estimate of drug-likeness (QED) is 0.529. The number of carbonyl (C=O) groups excluding carboxylic acids is 2. The first-order valence-corrected chi connectivity index (χ1v) is 12.5. The number of anilines is 1. The summed E-state index contributed by atoms with van der Waals surface area (Å²) in [5.74, 6) is 1.36. The first-order chi connectivity index (χ1) is 15.9. The van der Waals surface area contributed by atoms with Gasteiger partial charge in [-0.15, -0.1) is 10.2 Å². The van der Waals surface area contributed by atoms with E-state index in [9.17, 15) is 9.59 Å². The molecule has 1 aromatic carbocycles. The van der Waals surface area contributed by atoms with E-state index in [-0.39, 0.29) is 30.2 Å². The molecule has 9 nitrogen and oxygen atoms in total. The molecule has 10 heteroatoms. The van der Waals surface area contributed by atoms with Crippen molar-refractivity contribution in [1.29, 1.82) is 0 Å². The Kier molecular flexibility index (Phi) is 8.99. The van der Waals surface area contributed by atoms with Gasteiger partial charge in [0.15, 0.2) is 5.16 Å². The Morgan fingerprint density at radius 2 is 1.91 bits per heavy atom. The molecular formula is C23H34N6O3S. The van der Waals surface area contributed by atoms with Crippen LogP contribution < -0.4 is 15.0 Å². The van der Waals surface area contributed by atoms with Gasteiger partial charge in [0.05, 0.1) is 25.1 Å². The smallest absolute Gasteiger partial charge is 0.239 e. The van der Waals surface area contributed by atoms with Crippen LogP contribution >= 0.6 is 11.8 Å². The largest absolute Gasteiger partial charge is 0.495 e. The molecule has 3 rings (SSSR count). The van der Waals surface area contributed by atoms with Crippen molar-refractivity contribution in [2.24, 2.45) is 0 Å². The normalized spacial score (nSPS) is 13.8. The molecule has 1 aliphatic rings. The van der Waals surface area contributed by atoms with Crippen LogP contribution in [-0.4, -0.2) is 76.6 Å². The number of piperidine rings is 1. The number of rotatable bonds is 10. The molecule has 2 amide bonds. The van der Waals surface area contributed by atoms with Crippen molar-refractivity contribution in [3.8, 4) is 11.4 Å². The highest BCUT2D eigenvalue weighted by atomic mass is 32.2. The Balaban J connectivity index is 1.82. The van der Waals surface area contributed by atoms with Gasteiger partial charge in [-0.2, -0.15) is 0 Å². The summed E-state index contributed by atoms with van der Waals surface area (Å²) in [4.78, 5) is 28.8. The highest BCUT2D eigenvalue weighted by Gasteiger charge is 2.24. The molecule has 1 aliphatic heterocycles. The molecule has 0 radical (unpaired) electrons. The zero-order valence-electron chi connectivity index (χ0n) is 19.9. The Hall–Kier alpha value is -2.75. The van der Waals surface area contributed by atoms with E-state index >= 15 is 0 Å². The van der Waals surface area contributed by atoms with Crippen LogP contribution in [-0.2, 0) is 9.59 Å². The minimum absolute atomic E-state index is 0.0355. The number of hydrogen-bond acceptors (Lipinski definition) is 7. The van der Waals surface area contributed by atoms with E-state index < -0.39 is 0 Å². The monoisotopic (exact) mass is 474 g/mol. The summed E-state index contributed by atoms with van der Waals surface area (Å²) in [6.45, 7) is 8.02. The molecule has 0 bridgehead atoms. The molecular weight excluding hydrogens is 440 g/mol. The zero-order chi connectivity index (χ0) is 23.8. The highest BCUT2D eigenvalue weighted by Crippen LogP contribution is 2.32. The maximum atomic E-state index is 12.9. The molecule has 0 unspecified atom stereocenters. The number of thioether (sulfide) groups is 1. The van der Waals surface area contributed by atoms with Crippen LogP contribution in [0.1, 0.15) is 40.0 Å². The van der Waals surface area contributed by atoms with Crippen molar-refractivity contribution in [3.05, 3.63) is 24.3 Å². The second kappa shape index (κ2) is 11.9. The summed E-state index contributed by atoms with van der Waals surface area (Å²) < 4.78 is 7.58. The fourth-order valence-corrected chi connectivity index (χ4v) is 4.66. The minimum atomic E-state index is -0.158. The van der Waals surface area contributed by atoms with Gasteiger partial charge in [0, 0.05) is 25.7 Å². The topological polar surface area (TPSA) is 92.6 Å². The number of likely N-dealkylation sites (N-methyl/N-ethyl adjacent to an activating group) is 1. The third-order valence-electron chi connectivity index (χ3n) is 5.42. The van der Waals surface area contributed by atoms with E-state index in [2.05, 4.69) is 20.4 Å². The number of aromatic nitrogens is 3. The minimum Gasteiger partial charge on any atom is -0.495 e. The van der Waals surface area contributed by atoms with Gasteiger partial charge in [-0.25, -0.2) is 0 Å². The Morgan fingerprint density at radius 1 is 1.18 bits per heavy atom. The molecule has 0 spiro atoms. The number of benzene rings is 1. The average molecular weight is 475 g/mol. The summed E-state index contributed by atoms with van der Waals surface area (Å²) in [7, 11) is 1.64. The van der Waals surface area contributed by atoms with Crippen molar-refractivity contribution in [1.82, 2.24) is 25.0 Å². The second-order valence-corrected chi connectivity index (χ2v) is 9.20. The fraction of sp³-hybridized carbons (Fsp3) is 0.565. The molecule has 33 heavy (non-hydrogen) atoms. The van der Waals surface area contributed by atoms with Crippen molar-refractivity contribution in [2.45, 2.75) is 51.2 Å². The molecule has 0 aliphatic carbocycles. The van der Waals surface area contributed by atoms with E-state index in [0.717, 1.165) is 37.6 Å². The van der Waals surface area contributed by atoms with Crippen molar-refractivity contribution in [2.75, 3.05) is 43.9 Å². The number of methoxy groups -OCH3 is 1. The predicted molar refractivity (Wildman–Crippen MR) is 130 cm³/mol. The van der Waals surface area contributed by atoms with Gasteiger partial charge < -0.3 is 19.9 Å². The number of hydrogen-bond donors (Lipinski definition) is 1. The van der Waals surface area contributed by atoms with Crippen molar-refractivity contribution < 1.29 is 14.3 Å². The van der Waals surface area contributed by atoms with Gasteiger partial charge in [-0.05, 0) is 52.2 Å². The second-order valence-electron chi connectivity index (χ2n) is 8.26. The van der Waals surface area contributed by atoms with Crippen LogP contribution in [0, 0.1) is 0 Å². The number of nitrogens with one attached hydrogen (secondary N) is 1. The fourth-order valence-electron chi connectivity index (χ4n) is 3.81. The molecule has 1 fully saturated rings. The maximum absolute atomic E-state index is 12.9. The number of carbonyl (C=O) groups is 2. The standard InChI is InChI=1S/C23H34N6O3S/c1-5-27(15-20(30)24-17(2)3)21(31)16-33-23-26-25-22(28-13-9-6-10-14-28)29(23)18-11-7-8-12-19(18)32-4/h7-8,11-12,17H,5-6,9-10,13-16H2,1-4H3,(H,24,30). The van der Waals surface area contributed by atoms with Gasteiger partial charge >= 0.3 is 0 Å². The summed E-state index contributed by atoms with van der Waals surface area (Å²) in [5.41, 5.74) is 0.837. The Morgan fingerprint density at radius 3 is 2.58 bits per heavy atom. The lowest BCUT2D eigenvalue weighted by molar-refractivity contribution is -0.134. The van der Waals surface area contributed by atoms with Crippen LogP contribution in [0.15, 0.2) is 29.4 Å². The lowest BCUT2D eigenvalue weighted by atomic mass is 10.1. The lowest BCUT2D eigenvalue weighted by Crippen LogP contribution is -2.43. The van der Waals surface area contributed by atoms with E-state index in [1.54, 1.807) is 12.0 Å². The van der Waals surface area contributed by atoms with E-state index in [0.29, 0.717) is 17.5 Å².